The number of hydrogen-bond donors (Lipinski definition) is 10. The molecule has 0 unspecified atom stereocenters. The standard InChI is InChI=1S/C9H11NO.C9H13NO.C8H11NO.C6H13NO.C4H11N.C3H9NO/c10-9-7-4-2-1-3-6(7)5-8(9)11;10-9(7-11)6-8-4-2-1-3-5-8;9-8(6-10)7-4-2-1-3-5-7;1-7-4-2-3-6(7)5-8;1-3-4(2)5;1-3(4)2-5/h1-4,8-9,11H,5,10H2;1-5,9,11H,6-7,10H2;1-5,8,10H,6,9H2;6,8H,2-5H2,1H3;4H,3,5H2,1-2H3;3,5H,2,4H2,1H3/t8-,9+;9-;8-;6-;4-;3-/m000000/s1. The first-order chi connectivity index (χ1) is 23.8. The van der Waals surface area contributed by atoms with E-state index >= 15 is 0 Å². The van der Waals surface area contributed by atoms with Crippen molar-refractivity contribution in [3.05, 3.63) is 107 Å². The predicted octanol–water partition coefficient (Wildman–Crippen LogP) is 1.97. The highest BCUT2D eigenvalue weighted by molar-refractivity contribution is 5.35. The van der Waals surface area contributed by atoms with Crippen LogP contribution in [0.2, 0.25) is 0 Å². The lowest BCUT2D eigenvalue weighted by atomic mass is 10.1. The number of likely N-dealkylation sites (tertiary alicyclic amines) is 1. The molecule has 0 saturated carbocycles. The summed E-state index contributed by atoms with van der Waals surface area (Å²) in [6.07, 6.45) is 4.58. The predicted molar refractivity (Wildman–Crippen MR) is 206 cm³/mol. The number of benzene rings is 3. The normalized spacial score (nSPS) is 19.8. The molecule has 5 rings (SSSR count). The van der Waals surface area contributed by atoms with E-state index < -0.39 is 0 Å². The van der Waals surface area contributed by atoms with Crippen LogP contribution in [-0.2, 0) is 12.8 Å². The molecule has 284 valence electrons. The summed E-state index contributed by atoms with van der Waals surface area (Å²) in [5.74, 6) is 0. The SMILES string of the molecule is CC[C@H](C)N.CN1CCC[C@H]1CO.C[C@H](N)CO.N[C@@H](CO)c1ccccc1.N[C@@H]1c2ccccc2C[C@@H]1O.N[C@H](CO)Cc1ccccc1. The minimum atomic E-state index is -0.382. The first-order valence-electron chi connectivity index (χ1n) is 17.6. The van der Waals surface area contributed by atoms with Gasteiger partial charge in [-0.25, -0.2) is 0 Å². The van der Waals surface area contributed by atoms with Crippen LogP contribution in [-0.4, -0.2) is 101 Å². The maximum atomic E-state index is 9.39. The van der Waals surface area contributed by atoms with Crippen molar-refractivity contribution >= 4 is 0 Å². The number of aliphatic hydroxyl groups excluding tert-OH is 5. The summed E-state index contributed by atoms with van der Waals surface area (Å²) in [6, 6.07) is 27.6. The van der Waals surface area contributed by atoms with Gasteiger partial charge in [0.25, 0.3) is 0 Å². The van der Waals surface area contributed by atoms with Crippen LogP contribution in [0.25, 0.3) is 0 Å². The van der Waals surface area contributed by atoms with E-state index in [-0.39, 0.29) is 50.1 Å². The number of hydrogen-bond acceptors (Lipinski definition) is 11. The van der Waals surface area contributed by atoms with Crippen LogP contribution in [0.15, 0.2) is 84.9 Å². The fourth-order valence-electron chi connectivity index (χ4n) is 4.60. The largest absolute Gasteiger partial charge is 0.395 e. The van der Waals surface area contributed by atoms with E-state index in [9.17, 15) is 5.11 Å². The van der Waals surface area contributed by atoms with Crippen molar-refractivity contribution in [1.82, 2.24) is 4.90 Å². The summed E-state index contributed by atoms with van der Waals surface area (Å²) < 4.78 is 0. The van der Waals surface area contributed by atoms with Crippen LogP contribution in [0.1, 0.15) is 74.4 Å². The van der Waals surface area contributed by atoms with Crippen LogP contribution >= 0.6 is 0 Å². The van der Waals surface area contributed by atoms with Crippen molar-refractivity contribution in [1.29, 1.82) is 0 Å². The van der Waals surface area contributed by atoms with Crippen LogP contribution in [0.4, 0.5) is 0 Å². The molecule has 1 aliphatic carbocycles. The highest BCUT2D eigenvalue weighted by Crippen LogP contribution is 2.28. The molecule has 0 radical (unpaired) electrons. The van der Waals surface area contributed by atoms with Gasteiger partial charge in [0.15, 0.2) is 0 Å². The van der Waals surface area contributed by atoms with E-state index in [1.54, 1.807) is 6.92 Å². The van der Waals surface area contributed by atoms with Crippen LogP contribution in [0.3, 0.4) is 0 Å². The van der Waals surface area contributed by atoms with Crippen LogP contribution < -0.4 is 28.7 Å². The van der Waals surface area contributed by atoms with E-state index in [1.807, 2.05) is 91.9 Å². The van der Waals surface area contributed by atoms with Crippen molar-refractivity contribution in [2.24, 2.45) is 28.7 Å². The number of fused-ring (bicyclic) bond motifs is 1. The van der Waals surface area contributed by atoms with Gasteiger partial charge in [0.2, 0.25) is 0 Å². The lowest BCUT2D eigenvalue weighted by Crippen LogP contribution is -2.27. The Hall–Kier alpha value is -2.78. The van der Waals surface area contributed by atoms with E-state index in [0.29, 0.717) is 25.1 Å². The van der Waals surface area contributed by atoms with Gasteiger partial charge in [-0.2, -0.15) is 0 Å². The molecule has 0 amide bonds. The van der Waals surface area contributed by atoms with Gasteiger partial charge in [-0.05, 0) is 75.4 Å². The Morgan fingerprint density at radius 2 is 1.28 bits per heavy atom. The van der Waals surface area contributed by atoms with Crippen LogP contribution in [0.5, 0.6) is 0 Å². The number of likely N-dealkylation sites (N-methyl/N-ethyl adjacent to an activating group) is 1. The zero-order chi connectivity index (χ0) is 37.9. The minimum absolute atomic E-state index is 0.00398. The summed E-state index contributed by atoms with van der Waals surface area (Å²) >= 11 is 0. The third-order valence-electron chi connectivity index (χ3n) is 8.07. The fourth-order valence-corrected chi connectivity index (χ4v) is 4.60. The van der Waals surface area contributed by atoms with Crippen molar-refractivity contribution < 1.29 is 25.5 Å². The van der Waals surface area contributed by atoms with E-state index in [4.69, 9.17) is 49.1 Å². The third kappa shape index (κ3) is 21.4. The first-order valence-corrected chi connectivity index (χ1v) is 17.6. The Kier molecular flexibility index (Phi) is 27.3. The molecule has 3 aromatic carbocycles. The van der Waals surface area contributed by atoms with Gasteiger partial charge in [0.05, 0.1) is 44.6 Å². The summed E-state index contributed by atoms with van der Waals surface area (Å²) in [7, 11) is 2.06. The molecular formula is C39H68N6O5. The monoisotopic (exact) mass is 701 g/mol. The number of aliphatic hydroxyl groups is 5. The van der Waals surface area contributed by atoms with E-state index in [2.05, 4.69) is 18.9 Å². The number of nitrogens with two attached hydrogens (primary N) is 5. The third-order valence-corrected chi connectivity index (χ3v) is 8.07. The summed E-state index contributed by atoms with van der Waals surface area (Å²) in [6.45, 7) is 7.45. The molecule has 11 heteroatoms. The maximum Gasteiger partial charge on any atom is 0.0773 e. The molecule has 15 N–H and O–H groups in total. The Labute approximate surface area is 301 Å². The van der Waals surface area contributed by atoms with E-state index in [0.717, 1.165) is 30.5 Å². The Balaban J connectivity index is 0.000000592. The fraction of sp³-hybridized carbons (Fsp3) is 0.538. The summed E-state index contributed by atoms with van der Waals surface area (Å²) in [5, 5.41) is 43.4. The molecule has 1 heterocycles. The molecule has 1 saturated heterocycles. The Morgan fingerprint density at radius 1 is 0.760 bits per heavy atom. The Bertz CT molecular complexity index is 1180. The van der Waals surface area contributed by atoms with Gasteiger partial charge >= 0.3 is 0 Å². The van der Waals surface area contributed by atoms with Gasteiger partial charge in [-0.3, -0.25) is 0 Å². The van der Waals surface area contributed by atoms with Crippen LogP contribution in [0, 0.1) is 0 Å². The molecule has 2 aliphatic rings. The highest BCUT2D eigenvalue weighted by Gasteiger charge is 2.26. The molecule has 11 nitrogen and oxygen atoms in total. The number of nitrogens with zero attached hydrogens (tertiary/aromatic N) is 1. The van der Waals surface area contributed by atoms with Gasteiger partial charge in [-0.1, -0.05) is 91.9 Å². The Morgan fingerprint density at radius 3 is 1.68 bits per heavy atom. The summed E-state index contributed by atoms with van der Waals surface area (Å²) in [5.41, 5.74) is 31.6. The topological polar surface area (TPSA) is 234 Å². The molecule has 1 aliphatic heterocycles. The zero-order valence-electron chi connectivity index (χ0n) is 30.8. The minimum Gasteiger partial charge on any atom is -0.395 e. The quantitative estimate of drug-likeness (QED) is 0.163. The molecule has 3 aromatic rings. The first kappa shape index (κ1) is 47.2. The van der Waals surface area contributed by atoms with Gasteiger partial charge in [-0.15, -0.1) is 0 Å². The molecule has 1 fully saturated rings. The second kappa shape index (κ2) is 28.9. The van der Waals surface area contributed by atoms with Crippen molar-refractivity contribution in [3.63, 3.8) is 0 Å². The van der Waals surface area contributed by atoms with Crippen molar-refractivity contribution in [2.45, 2.75) is 95.2 Å². The smallest absolute Gasteiger partial charge is 0.0773 e. The van der Waals surface area contributed by atoms with Crippen molar-refractivity contribution in [3.8, 4) is 0 Å². The highest BCUT2D eigenvalue weighted by atomic mass is 16.3. The lowest BCUT2D eigenvalue weighted by Gasteiger charge is -2.15. The number of rotatable bonds is 8. The second-order valence-corrected chi connectivity index (χ2v) is 12.8. The average molecular weight is 701 g/mol. The zero-order valence-corrected chi connectivity index (χ0v) is 30.8. The maximum absolute atomic E-state index is 9.39. The van der Waals surface area contributed by atoms with Gasteiger partial charge < -0.3 is 59.1 Å². The van der Waals surface area contributed by atoms with Crippen molar-refractivity contribution in [2.75, 3.05) is 40.0 Å². The molecule has 50 heavy (non-hydrogen) atoms. The molecule has 0 bridgehead atoms. The van der Waals surface area contributed by atoms with Gasteiger partial charge in [0.1, 0.15) is 0 Å². The van der Waals surface area contributed by atoms with Gasteiger partial charge in [0, 0.05) is 30.6 Å². The van der Waals surface area contributed by atoms with E-state index in [1.165, 1.54) is 24.0 Å². The molecule has 0 aromatic heterocycles. The molecular weight excluding hydrogens is 632 g/mol. The lowest BCUT2D eigenvalue weighted by molar-refractivity contribution is 0.158. The molecule has 7 atom stereocenters. The second-order valence-electron chi connectivity index (χ2n) is 12.8. The molecule has 0 spiro atoms. The average Bonchev–Trinajstić information content (AvgIpc) is 3.70. The summed E-state index contributed by atoms with van der Waals surface area (Å²) in [4.78, 5) is 2.21.